The highest BCUT2D eigenvalue weighted by Crippen LogP contribution is 2.26. The molecule has 0 amide bonds. The van der Waals surface area contributed by atoms with Crippen LogP contribution in [0.5, 0.6) is 0 Å². The molecule has 5 heteroatoms. The van der Waals surface area contributed by atoms with E-state index in [0.717, 1.165) is 42.2 Å². The monoisotopic (exact) mass is 323 g/mol. The fourth-order valence-electron chi connectivity index (χ4n) is 2.59. The Hall–Kier alpha value is -2.53. The molecule has 116 valence electrons. The van der Waals surface area contributed by atoms with Crippen LogP contribution in [0.4, 0.5) is 11.7 Å². The minimum atomic E-state index is 0.824. The Bertz CT molecular complexity index is 895. The quantitative estimate of drug-likeness (QED) is 0.493. The lowest BCUT2D eigenvalue weighted by Crippen LogP contribution is -2.08. The molecule has 4 nitrogen and oxygen atoms in total. The maximum Gasteiger partial charge on any atom is 0.194 e. The first-order valence-corrected chi connectivity index (χ1v) is 8.48. The first kappa shape index (κ1) is 14.1. The molecule has 2 aromatic carbocycles. The first-order valence-electron chi connectivity index (χ1n) is 7.71. The van der Waals surface area contributed by atoms with Crippen LogP contribution in [0, 0.1) is 0 Å². The Morgan fingerprint density at radius 2 is 1.78 bits per heavy atom. The largest absolute Gasteiger partial charge is 0.441 e. The van der Waals surface area contributed by atoms with E-state index in [2.05, 4.69) is 33.2 Å². The van der Waals surface area contributed by atoms with E-state index >= 15 is 0 Å². The van der Waals surface area contributed by atoms with Crippen LogP contribution >= 0.6 is 11.5 Å². The van der Waals surface area contributed by atoms with Gasteiger partial charge in [-0.1, -0.05) is 30.3 Å². The lowest BCUT2D eigenvalue weighted by Gasteiger charge is -2.05. The molecule has 0 unspecified atom stereocenters. The summed E-state index contributed by atoms with van der Waals surface area (Å²) in [4.78, 5) is 0. The second-order valence-electron chi connectivity index (χ2n) is 5.38. The van der Waals surface area contributed by atoms with Crippen LogP contribution in [-0.2, 0) is 0 Å². The van der Waals surface area contributed by atoms with Crippen LogP contribution in [-0.4, -0.2) is 17.5 Å². The molecule has 0 saturated heterocycles. The predicted octanol–water partition coefficient (Wildman–Crippen LogP) is 4.96. The van der Waals surface area contributed by atoms with Crippen molar-refractivity contribution in [2.24, 2.45) is 0 Å². The molecule has 0 spiro atoms. The molecule has 4 aromatic rings. The molecule has 0 bridgehead atoms. The van der Waals surface area contributed by atoms with Crippen LogP contribution in [0.25, 0.3) is 21.1 Å². The van der Waals surface area contributed by atoms with Gasteiger partial charge in [-0.2, -0.15) is 4.37 Å². The van der Waals surface area contributed by atoms with Gasteiger partial charge in [0.2, 0.25) is 0 Å². The lowest BCUT2D eigenvalue weighted by molar-refractivity contribution is 0.625. The molecule has 23 heavy (non-hydrogen) atoms. The SMILES string of the molecule is c1ccc2oc(NCCCNc3nsc4ccccc34)cc2c1. The molecule has 0 aliphatic rings. The van der Waals surface area contributed by atoms with Gasteiger partial charge in [-0.25, -0.2) is 0 Å². The molecule has 0 saturated carbocycles. The van der Waals surface area contributed by atoms with Gasteiger partial charge in [0.15, 0.2) is 5.88 Å². The molecule has 2 aromatic heterocycles. The molecular formula is C18H17N3OS. The number of aromatic nitrogens is 1. The molecule has 0 aliphatic heterocycles. The third-order valence-electron chi connectivity index (χ3n) is 3.75. The second kappa shape index (κ2) is 6.30. The van der Waals surface area contributed by atoms with E-state index in [1.165, 1.54) is 21.6 Å². The number of furan rings is 1. The molecule has 0 aliphatic carbocycles. The van der Waals surface area contributed by atoms with Crippen molar-refractivity contribution in [1.29, 1.82) is 0 Å². The summed E-state index contributed by atoms with van der Waals surface area (Å²) in [5.41, 5.74) is 0.919. The summed E-state index contributed by atoms with van der Waals surface area (Å²) in [6.45, 7) is 1.73. The Kier molecular flexibility index (Phi) is 3.86. The summed E-state index contributed by atoms with van der Waals surface area (Å²) in [6.07, 6.45) is 0.989. The van der Waals surface area contributed by atoms with E-state index in [4.69, 9.17) is 4.42 Å². The zero-order valence-electron chi connectivity index (χ0n) is 12.6. The number of hydrogen-bond acceptors (Lipinski definition) is 5. The average molecular weight is 323 g/mol. The number of hydrogen-bond donors (Lipinski definition) is 2. The summed E-state index contributed by atoms with van der Waals surface area (Å²) >= 11 is 1.53. The number of nitrogens with one attached hydrogen (secondary N) is 2. The maximum absolute atomic E-state index is 5.74. The Balaban J connectivity index is 1.29. The highest BCUT2D eigenvalue weighted by Gasteiger charge is 2.04. The summed E-state index contributed by atoms with van der Waals surface area (Å²) < 4.78 is 11.4. The molecule has 4 rings (SSSR count). The summed E-state index contributed by atoms with van der Waals surface area (Å²) in [7, 11) is 0. The third-order valence-corrected chi connectivity index (χ3v) is 4.57. The topological polar surface area (TPSA) is 50.1 Å². The average Bonchev–Trinajstić information content (AvgIpc) is 3.18. The van der Waals surface area contributed by atoms with E-state index in [1.54, 1.807) is 0 Å². The van der Waals surface area contributed by atoms with Crippen LogP contribution in [0.15, 0.2) is 59.0 Å². The fourth-order valence-corrected chi connectivity index (χ4v) is 3.34. The van der Waals surface area contributed by atoms with Crippen molar-refractivity contribution in [3.8, 4) is 0 Å². The normalized spacial score (nSPS) is 11.1. The maximum atomic E-state index is 5.74. The van der Waals surface area contributed by atoms with Gasteiger partial charge in [-0.3, -0.25) is 0 Å². The Morgan fingerprint density at radius 3 is 2.74 bits per heavy atom. The molecule has 0 atom stereocenters. The van der Waals surface area contributed by atoms with Crippen molar-refractivity contribution in [2.75, 3.05) is 23.7 Å². The van der Waals surface area contributed by atoms with E-state index in [1.807, 2.05) is 36.4 Å². The second-order valence-corrected chi connectivity index (χ2v) is 6.19. The zero-order chi connectivity index (χ0) is 15.5. The van der Waals surface area contributed by atoms with Gasteiger partial charge >= 0.3 is 0 Å². The van der Waals surface area contributed by atoms with Crippen molar-refractivity contribution < 1.29 is 4.42 Å². The zero-order valence-corrected chi connectivity index (χ0v) is 13.4. The van der Waals surface area contributed by atoms with Gasteiger partial charge in [-0.15, -0.1) is 0 Å². The number of fused-ring (bicyclic) bond motifs is 2. The summed E-state index contributed by atoms with van der Waals surface area (Å²) in [5.74, 6) is 1.81. The standard InChI is InChI=1S/C18H17N3OS/c1-3-8-15-13(6-1)12-17(22-15)19-10-5-11-20-18-14-7-2-4-9-16(14)23-21-18/h1-4,6-9,12,19H,5,10-11H2,(H,20,21). The Morgan fingerprint density at radius 1 is 0.957 bits per heavy atom. The minimum absolute atomic E-state index is 0.824. The minimum Gasteiger partial charge on any atom is -0.441 e. The molecule has 2 N–H and O–H groups in total. The summed E-state index contributed by atoms with van der Waals surface area (Å²) in [5, 5.41) is 9.06. The molecule has 2 heterocycles. The van der Waals surface area contributed by atoms with Gasteiger partial charge < -0.3 is 15.1 Å². The third kappa shape index (κ3) is 3.00. The van der Waals surface area contributed by atoms with Crippen molar-refractivity contribution >= 4 is 44.3 Å². The van der Waals surface area contributed by atoms with Crippen LogP contribution in [0.1, 0.15) is 6.42 Å². The van der Waals surface area contributed by atoms with E-state index < -0.39 is 0 Å². The number of para-hydroxylation sites is 1. The van der Waals surface area contributed by atoms with Crippen LogP contribution < -0.4 is 10.6 Å². The van der Waals surface area contributed by atoms with Gasteiger partial charge in [0.25, 0.3) is 0 Å². The fraction of sp³-hybridized carbons (Fsp3) is 0.167. The summed E-state index contributed by atoms with van der Waals surface area (Å²) in [6, 6.07) is 18.4. The van der Waals surface area contributed by atoms with E-state index in [-0.39, 0.29) is 0 Å². The Labute approximate surface area is 138 Å². The van der Waals surface area contributed by atoms with Crippen LogP contribution in [0.3, 0.4) is 0 Å². The van der Waals surface area contributed by atoms with Crippen molar-refractivity contribution in [3.63, 3.8) is 0 Å². The van der Waals surface area contributed by atoms with Gasteiger partial charge in [0.05, 0.1) is 4.70 Å². The van der Waals surface area contributed by atoms with E-state index in [0.29, 0.717) is 0 Å². The first-order chi connectivity index (χ1) is 11.4. The lowest BCUT2D eigenvalue weighted by atomic mass is 10.2. The molecular weight excluding hydrogens is 306 g/mol. The number of benzene rings is 2. The molecule has 0 fully saturated rings. The smallest absolute Gasteiger partial charge is 0.194 e. The number of anilines is 2. The van der Waals surface area contributed by atoms with Crippen molar-refractivity contribution in [1.82, 2.24) is 4.37 Å². The van der Waals surface area contributed by atoms with E-state index in [9.17, 15) is 0 Å². The number of nitrogens with zero attached hydrogens (tertiary/aromatic N) is 1. The van der Waals surface area contributed by atoms with Crippen LogP contribution in [0.2, 0.25) is 0 Å². The molecule has 0 radical (unpaired) electrons. The van der Waals surface area contributed by atoms with Crippen molar-refractivity contribution in [2.45, 2.75) is 6.42 Å². The highest BCUT2D eigenvalue weighted by molar-refractivity contribution is 7.13. The highest BCUT2D eigenvalue weighted by atomic mass is 32.1. The van der Waals surface area contributed by atoms with Gasteiger partial charge in [-0.05, 0) is 36.2 Å². The van der Waals surface area contributed by atoms with Gasteiger partial charge in [0.1, 0.15) is 11.4 Å². The number of rotatable bonds is 6. The van der Waals surface area contributed by atoms with Gasteiger partial charge in [0, 0.05) is 29.9 Å². The predicted molar refractivity (Wildman–Crippen MR) is 97.4 cm³/mol. The van der Waals surface area contributed by atoms with Crippen molar-refractivity contribution in [3.05, 3.63) is 54.6 Å².